The number of carbonyl (C=O) groups excluding carboxylic acids is 1. The molecule has 1 aliphatic carbocycles. The molecule has 184 valence electrons. The Bertz CT molecular complexity index is 1060. The van der Waals surface area contributed by atoms with Crippen molar-refractivity contribution in [1.82, 2.24) is 15.1 Å². The molecule has 1 amide bonds. The summed E-state index contributed by atoms with van der Waals surface area (Å²) < 4.78 is 0. The van der Waals surface area contributed by atoms with Crippen molar-refractivity contribution in [3.05, 3.63) is 77.9 Å². The highest BCUT2D eigenvalue weighted by atomic mass is 16.3. The van der Waals surface area contributed by atoms with Gasteiger partial charge in [-0.15, -0.1) is 6.58 Å². The van der Waals surface area contributed by atoms with Crippen LogP contribution < -0.4 is 5.32 Å². The number of nitrogens with one attached hydrogen (secondary N) is 1. The minimum absolute atomic E-state index is 0.0357. The predicted molar refractivity (Wildman–Crippen MR) is 138 cm³/mol. The van der Waals surface area contributed by atoms with Gasteiger partial charge in [-0.05, 0) is 73.9 Å². The molecule has 0 aromatic heterocycles. The number of amides is 1. The van der Waals surface area contributed by atoms with Crippen LogP contribution in [0.5, 0.6) is 5.75 Å². The van der Waals surface area contributed by atoms with Crippen LogP contribution in [0.4, 0.5) is 0 Å². The van der Waals surface area contributed by atoms with Crippen molar-refractivity contribution in [1.29, 1.82) is 0 Å². The second kappa shape index (κ2) is 9.44. The maximum atomic E-state index is 12.8. The first-order chi connectivity index (χ1) is 17.1. The van der Waals surface area contributed by atoms with Crippen molar-refractivity contribution in [3.8, 4) is 5.75 Å². The third-order valence-electron chi connectivity index (χ3n) is 9.03. The van der Waals surface area contributed by atoms with Crippen molar-refractivity contribution < 1.29 is 9.90 Å². The molecular weight excluding hydrogens is 434 g/mol. The summed E-state index contributed by atoms with van der Waals surface area (Å²) in [5.41, 5.74) is 3.05. The van der Waals surface area contributed by atoms with Crippen molar-refractivity contribution in [2.75, 3.05) is 6.54 Å². The van der Waals surface area contributed by atoms with Gasteiger partial charge in [-0.25, -0.2) is 0 Å². The van der Waals surface area contributed by atoms with E-state index in [0.717, 1.165) is 30.5 Å². The van der Waals surface area contributed by atoms with Crippen molar-refractivity contribution in [3.63, 3.8) is 0 Å². The highest BCUT2D eigenvalue weighted by molar-refractivity contribution is 5.94. The van der Waals surface area contributed by atoms with E-state index in [2.05, 4.69) is 46.0 Å². The summed E-state index contributed by atoms with van der Waals surface area (Å²) in [4.78, 5) is 18.3. The SMILES string of the molecule is C=CCN1C2CCC3C1CCC2N3C(c1ccc(C(=O)NC2CCCC2)cc1)c1cccc(O)c1. The summed E-state index contributed by atoms with van der Waals surface area (Å²) in [7, 11) is 0. The Morgan fingerprint density at radius 3 is 2.23 bits per heavy atom. The normalized spacial score (nSPS) is 29.4. The number of rotatable bonds is 7. The van der Waals surface area contributed by atoms with Crippen LogP contribution in [0.15, 0.2) is 61.2 Å². The number of piperazine rings is 1. The molecule has 4 bridgehead atoms. The molecular formula is C30H37N3O2. The Morgan fingerprint density at radius 2 is 1.60 bits per heavy atom. The minimum Gasteiger partial charge on any atom is -0.508 e. The number of benzene rings is 2. The number of phenols is 1. The minimum atomic E-state index is 0.0357. The van der Waals surface area contributed by atoms with Gasteiger partial charge >= 0.3 is 0 Å². The fourth-order valence-electron chi connectivity index (χ4n) is 7.60. The van der Waals surface area contributed by atoms with Gasteiger partial charge in [0.25, 0.3) is 5.91 Å². The van der Waals surface area contributed by atoms with Crippen LogP contribution >= 0.6 is 0 Å². The Hall–Kier alpha value is -2.63. The van der Waals surface area contributed by atoms with Gasteiger partial charge in [0.2, 0.25) is 0 Å². The van der Waals surface area contributed by atoms with Gasteiger partial charge in [0.05, 0.1) is 6.04 Å². The molecule has 0 radical (unpaired) electrons. The third kappa shape index (κ3) is 4.09. The Morgan fingerprint density at radius 1 is 0.943 bits per heavy atom. The van der Waals surface area contributed by atoms with E-state index >= 15 is 0 Å². The molecule has 5 saturated heterocycles. The van der Waals surface area contributed by atoms with Gasteiger partial charge in [0.1, 0.15) is 5.75 Å². The zero-order chi connectivity index (χ0) is 23.9. The zero-order valence-corrected chi connectivity index (χ0v) is 20.5. The summed E-state index contributed by atoms with van der Waals surface area (Å²) in [6, 6.07) is 18.5. The summed E-state index contributed by atoms with van der Waals surface area (Å²) in [6.45, 7) is 4.99. The smallest absolute Gasteiger partial charge is 0.251 e. The predicted octanol–water partition coefficient (Wildman–Crippen LogP) is 5.02. The van der Waals surface area contributed by atoms with E-state index in [-0.39, 0.29) is 11.9 Å². The van der Waals surface area contributed by atoms with Crippen LogP contribution in [0.25, 0.3) is 0 Å². The molecule has 6 aliphatic rings. The molecule has 2 aromatic rings. The van der Waals surface area contributed by atoms with E-state index < -0.39 is 0 Å². The summed E-state index contributed by atoms with van der Waals surface area (Å²) in [5.74, 6) is 0.342. The number of hydrogen-bond acceptors (Lipinski definition) is 4. The molecule has 35 heavy (non-hydrogen) atoms. The first-order valence-electron chi connectivity index (χ1n) is 13.5. The van der Waals surface area contributed by atoms with E-state index in [1.165, 1.54) is 44.1 Å². The molecule has 6 fully saturated rings. The Labute approximate surface area is 208 Å². The molecule has 0 spiro atoms. The lowest BCUT2D eigenvalue weighted by atomic mass is 9.69. The summed E-state index contributed by atoms with van der Waals surface area (Å²) in [5, 5.41) is 13.6. The molecule has 5 unspecified atom stereocenters. The second-order valence-electron chi connectivity index (χ2n) is 10.9. The van der Waals surface area contributed by atoms with Gasteiger partial charge in [-0.3, -0.25) is 14.6 Å². The number of aromatic hydroxyl groups is 1. The third-order valence-corrected chi connectivity index (χ3v) is 9.03. The number of phenolic OH excluding ortho intramolecular Hbond substituents is 1. The first kappa shape index (κ1) is 22.8. The maximum Gasteiger partial charge on any atom is 0.251 e. The lowest BCUT2D eigenvalue weighted by Gasteiger charge is -2.66. The lowest BCUT2D eigenvalue weighted by Crippen LogP contribution is -2.75. The van der Waals surface area contributed by atoms with E-state index in [1.807, 2.05) is 24.3 Å². The quantitative estimate of drug-likeness (QED) is 0.557. The van der Waals surface area contributed by atoms with Crippen LogP contribution in [0, 0.1) is 0 Å². The topological polar surface area (TPSA) is 55.8 Å². The fourth-order valence-corrected chi connectivity index (χ4v) is 7.60. The molecule has 5 aliphatic heterocycles. The molecule has 5 atom stereocenters. The highest BCUT2D eigenvalue weighted by Gasteiger charge is 2.56. The summed E-state index contributed by atoms with van der Waals surface area (Å²) in [6.07, 6.45) is 11.6. The lowest BCUT2D eigenvalue weighted by molar-refractivity contribution is -0.151. The van der Waals surface area contributed by atoms with E-state index in [4.69, 9.17) is 0 Å². The van der Waals surface area contributed by atoms with Crippen LogP contribution in [0.1, 0.15) is 78.9 Å². The van der Waals surface area contributed by atoms with Crippen molar-refractivity contribution in [2.24, 2.45) is 0 Å². The van der Waals surface area contributed by atoms with Crippen LogP contribution in [0.3, 0.4) is 0 Å². The first-order valence-corrected chi connectivity index (χ1v) is 13.5. The highest BCUT2D eigenvalue weighted by Crippen LogP contribution is 2.50. The average molecular weight is 472 g/mol. The van der Waals surface area contributed by atoms with Crippen LogP contribution in [-0.4, -0.2) is 57.6 Å². The van der Waals surface area contributed by atoms with Crippen molar-refractivity contribution in [2.45, 2.75) is 87.6 Å². The van der Waals surface area contributed by atoms with Crippen LogP contribution in [0.2, 0.25) is 0 Å². The van der Waals surface area contributed by atoms with Gasteiger partial charge < -0.3 is 10.4 Å². The number of fused-ring (bicyclic) bond motifs is 2. The Balaban J connectivity index is 1.32. The molecule has 2 N–H and O–H groups in total. The monoisotopic (exact) mass is 471 g/mol. The van der Waals surface area contributed by atoms with E-state index in [9.17, 15) is 9.90 Å². The van der Waals surface area contributed by atoms with E-state index in [1.54, 1.807) is 6.07 Å². The molecule has 5 heteroatoms. The fraction of sp³-hybridized carbons (Fsp3) is 0.500. The van der Waals surface area contributed by atoms with Gasteiger partial charge in [-0.2, -0.15) is 0 Å². The number of piperidine rings is 4. The molecule has 5 heterocycles. The zero-order valence-electron chi connectivity index (χ0n) is 20.5. The van der Waals surface area contributed by atoms with Crippen LogP contribution in [-0.2, 0) is 0 Å². The number of hydrogen-bond donors (Lipinski definition) is 2. The standard InChI is InChI=1S/C30H37N3O2/c1-2-18-32-25-14-16-27-26(32)15-17-28(25)33(27)29(22-6-5-9-24(34)19-22)20-10-12-21(13-11-20)30(35)31-23-7-3-4-8-23/h2,5-6,9-13,19,23,25-29,34H,1,3-4,7-8,14-18H2,(H,31,35). The van der Waals surface area contributed by atoms with E-state index in [0.29, 0.717) is 36.0 Å². The number of nitrogens with zero attached hydrogens (tertiary/aromatic N) is 2. The van der Waals surface area contributed by atoms with Gasteiger partial charge in [0.15, 0.2) is 0 Å². The molecule has 2 aromatic carbocycles. The largest absolute Gasteiger partial charge is 0.508 e. The Kier molecular flexibility index (Phi) is 6.15. The van der Waals surface area contributed by atoms with Crippen molar-refractivity contribution >= 4 is 5.91 Å². The number of carbonyl (C=O) groups is 1. The molecule has 1 saturated carbocycles. The molecule has 5 nitrogen and oxygen atoms in total. The van der Waals surface area contributed by atoms with Gasteiger partial charge in [0, 0.05) is 42.3 Å². The average Bonchev–Trinajstić information content (AvgIpc) is 3.38. The summed E-state index contributed by atoms with van der Waals surface area (Å²) >= 11 is 0. The molecule has 8 rings (SSSR count). The van der Waals surface area contributed by atoms with Gasteiger partial charge in [-0.1, -0.05) is 43.2 Å². The second-order valence-corrected chi connectivity index (χ2v) is 10.9. The maximum absolute atomic E-state index is 12.8.